The minimum absolute atomic E-state index is 0.297. The molecule has 118 valence electrons. The van der Waals surface area contributed by atoms with Crippen molar-refractivity contribution in [3.05, 3.63) is 72.7 Å². The fourth-order valence-corrected chi connectivity index (χ4v) is 3.72. The number of nitrogens with zero attached hydrogens (tertiary/aromatic N) is 4. The molecule has 0 aliphatic heterocycles. The van der Waals surface area contributed by atoms with Gasteiger partial charge in [-0.3, -0.25) is 8.80 Å². The van der Waals surface area contributed by atoms with E-state index in [1.165, 1.54) is 12.3 Å². The van der Waals surface area contributed by atoms with Crippen LogP contribution < -0.4 is 0 Å². The van der Waals surface area contributed by atoms with Gasteiger partial charge in [0.05, 0.1) is 16.6 Å². The van der Waals surface area contributed by atoms with Gasteiger partial charge in [0, 0.05) is 11.6 Å². The molecule has 6 rings (SSSR count). The Hall–Kier alpha value is -3.47. The lowest BCUT2D eigenvalue weighted by Crippen LogP contribution is -1.93. The van der Waals surface area contributed by atoms with Crippen LogP contribution in [0.4, 0.5) is 4.39 Å². The highest BCUT2D eigenvalue weighted by Crippen LogP contribution is 2.32. The molecule has 0 amide bonds. The van der Waals surface area contributed by atoms with E-state index in [4.69, 9.17) is 9.97 Å². The number of pyridine rings is 2. The molecule has 0 aliphatic rings. The summed E-state index contributed by atoms with van der Waals surface area (Å²) in [7, 11) is 0. The van der Waals surface area contributed by atoms with Crippen LogP contribution >= 0.6 is 0 Å². The van der Waals surface area contributed by atoms with Crippen LogP contribution in [-0.2, 0) is 0 Å². The van der Waals surface area contributed by atoms with Crippen molar-refractivity contribution in [1.29, 1.82) is 0 Å². The zero-order valence-corrected chi connectivity index (χ0v) is 13.0. The lowest BCUT2D eigenvalue weighted by Gasteiger charge is -2.05. The molecule has 0 unspecified atom stereocenters. The Bertz CT molecular complexity index is 1460. The molecular weight excluding hydrogens is 315 g/mol. The summed E-state index contributed by atoms with van der Waals surface area (Å²) in [4.78, 5) is 9.57. The first-order chi connectivity index (χ1) is 12.3. The van der Waals surface area contributed by atoms with Crippen LogP contribution in [0.3, 0.4) is 0 Å². The standard InChI is InChI=1S/C20H11FN4/c21-12-9-10-17-23-18-13-5-1-3-7-15(13)25-16-8-4-2-6-14(16)22-20(25)19(18)24(17)11-12/h1-11H. The summed E-state index contributed by atoms with van der Waals surface area (Å²) in [6, 6.07) is 19.3. The van der Waals surface area contributed by atoms with Crippen molar-refractivity contribution in [3.63, 3.8) is 0 Å². The van der Waals surface area contributed by atoms with Crippen molar-refractivity contribution in [2.45, 2.75) is 0 Å². The maximum atomic E-state index is 13.9. The molecule has 4 aromatic heterocycles. The topological polar surface area (TPSA) is 34.6 Å². The molecule has 4 nitrogen and oxygen atoms in total. The van der Waals surface area contributed by atoms with Crippen LogP contribution in [0, 0.1) is 5.82 Å². The minimum Gasteiger partial charge on any atom is -0.293 e. The van der Waals surface area contributed by atoms with Gasteiger partial charge in [-0.15, -0.1) is 0 Å². The van der Waals surface area contributed by atoms with Crippen molar-refractivity contribution in [3.8, 4) is 0 Å². The van der Waals surface area contributed by atoms with Gasteiger partial charge < -0.3 is 0 Å². The Kier molecular flexibility index (Phi) is 2.23. The highest BCUT2D eigenvalue weighted by molar-refractivity contribution is 6.11. The number of fused-ring (bicyclic) bond motifs is 10. The van der Waals surface area contributed by atoms with Crippen LogP contribution in [0.1, 0.15) is 0 Å². The van der Waals surface area contributed by atoms with E-state index in [1.807, 2.05) is 30.3 Å². The largest absolute Gasteiger partial charge is 0.293 e. The summed E-state index contributed by atoms with van der Waals surface area (Å²) < 4.78 is 17.8. The van der Waals surface area contributed by atoms with E-state index < -0.39 is 0 Å². The number of para-hydroxylation sites is 3. The zero-order chi connectivity index (χ0) is 16.5. The third-order valence-electron chi connectivity index (χ3n) is 4.76. The first-order valence-electron chi connectivity index (χ1n) is 8.06. The predicted molar refractivity (Wildman–Crippen MR) is 96.4 cm³/mol. The van der Waals surface area contributed by atoms with Gasteiger partial charge in [0.1, 0.15) is 22.5 Å². The molecule has 0 fully saturated rings. The fraction of sp³-hybridized carbons (Fsp3) is 0. The van der Waals surface area contributed by atoms with E-state index in [0.717, 1.165) is 38.6 Å². The lowest BCUT2D eigenvalue weighted by atomic mass is 10.2. The van der Waals surface area contributed by atoms with E-state index in [2.05, 4.69) is 22.6 Å². The molecule has 2 aromatic carbocycles. The molecule has 0 saturated heterocycles. The summed E-state index contributed by atoms with van der Waals surface area (Å²) >= 11 is 0. The number of benzene rings is 2. The zero-order valence-electron chi connectivity index (χ0n) is 13.0. The molecule has 0 radical (unpaired) electrons. The van der Waals surface area contributed by atoms with Gasteiger partial charge in [0.25, 0.3) is 0 Å². The lowest BCUT2D eigenvalue weighted by molar-refractivity contribution is 0.620. The highest BCUT2D eigenvalue weighted by atomic mass is 19.1. The second-order valence-corrected chi connectivity index (χ2v) is 6.16. The summed E-state index contributed by atoms with van der Waals surface area (Å²) in [5, 5.41) is 1.03. The Balaban J connectivity index is 2.06. The van der Waals surface area contributed by atoms with E-state index >= 15 is 0 Å². The average Bonchev–Trinajstić information content (AvgIpc) is 3.20. The first kappa shape index (κ1) is 12.9. The molecule has 6 aromatic rings. The third-order valence-corrected chi connectivity index (χ3v) is 4.76. The van der Waals surface area contributed by atoms with Crippen LogP contribution in [0.5, 0.6) is 0 Å². The summed E-state index contributed by atoms with van der Waals surface area (Å²) in [5.41, 5.74) is 6.14. The van der Waals surface area contributed by atoms with Crippen LogP contribution in [0.2, 0.25) is 0 Å². The quantitative estimate of drug-likeness (QED) is 0.409. The van der Waals surface area contributed by atoms with E-state index in [-0.39, 0.29) is 5.82 Å². The molecule has 25 heavy (non-hydrogen) atoms. The Morgan fingerprint density at radius 2 is 1.60 bits per heavy atom. The number of imidazole rings is 2. The third kappa shape index (κ3) is 1.55. The van der Waals surface area contributed by atoms with Gasteiger partial charge in [-0.2, -0.15) is 0 Å². The average molecular weight is 326 g/mol. The smallest absolute Gasteiger partial charge is 0.165 e. The van der Waals surface area contributed by atoms with Gasteiger partial charge in [-0.05, 0) is 30.3 Å². The number of aromatic nitrogens is 4. The van der Waals surface area contributed by atoms with E-state index in [1.54, 1.807) is 10.5 Å². The minimum atomic E-state index is -0.297. The second kappa shape index (κ2) is 4.33. The van der Waals surface area contributed by atoms with Crippen molar-refractivity contribution < 1.29 is 4.39 Å². The number of hydrogen-bond donors (Lipinski definition) is 0. The molecule has 0 spiro atoms. The number of halogens is 1. The normalized spacial score (nSPS) is 12.2. The Morgan fingerprint density at radius 1 is 0.800 bits per heavy atom. The molecule has 0 aliphatic carbocycles. The SMILES string of the molecule is Fc1ccc2nc3c4ccccc4n4c5ccccc5nc4c3n2c1. The Labute approximate surface area is 140 Å². The molecule has 4 heterocycles. The molecule has 0 saturated carbocycles. The van der Waals surface area contributed by atoms with Crippen molar-refractivity contribution >= 4 is 44.3 Å². The predicted octanol–water partition coefficient (Wildman–Crippen LogP) is 4.58. The molecule has 0 N–H and O–H groups in total. The van der Waals surface area contributed by atoms with Crippen LogP contribution in [-0.4, -0.2) is 18.8 Å². The maximum absolute atomic E-state index is 13.9. The Morgan fingerprint density at radius 3 is 2.52 bits per heavy atom. The molecule has 0 bridgehead atoms. The van der Waals surface area contributed by atoms with Crippen molar-refractivity contribution in [2.24, 2.45) is 0 Å². The highest BCUT2D eigenvalue weighted by Gasteiger charge is 2.17. The summed E-state index contributed by atoms with van der Waals surface area (Å²) in [6.45, 7) is 0. The first-order valence-corrected chi connectivity index (χ1v) is 8.06. The summed E-state index contributed by atoms with van der Waals surface area (Å²) in [5.74, 6) is -0.297. The van der Waals surface area contributed by atoms with Gasteiger partial charge in [0.15, 0.2) is 5.65 Å². The fourth-order valence-electron chi connectivity index (χ4n) is 3.72. The van der Waals surface area contributed by atoms with Gasteiger partial charge >= 0.3 is 0 Å². The van der Waals surface area contributed by atoms with E-state index in [9.17, 15) is 4.39 Å². The molecule has 0 atom stereocenters. The number of hydrogen-bond acceptors (Lipinski definition) is 2. The van der Waals surface area contributed by atoms with Crippen LogP contribution in [0.15, 0.2) is 66.9 Å². The second-order valence-electron chi connectivity index (χ2n) is 6.16. The van der Waals surface area contributed by atoms with Gasteiger partial charge in [-0.25, -0.2) is 14.4 Å². The van der Waals surface area contributed by atoms with Crippen LogP contribution in [0.25, 0.3) is 44.3 Å². The molecular formula is C20H11FN4. The summed E-state index contributed by atoms with van der Waals surface area (Å²) in [6.07, 6.45) is 1.47. The number of rotatable bonds is 0. The monoisotopic (exact) mass is 326 g/mol. The van der Waals surface area contributed by atoms with Crippen molar-refractivity contribution in [1.82, 2.24) is 18.8 Å². The maximum Gasteiger partial charge on any atom is 0.165 e. The van der Waals surface area contributed by atoms with Gasteiger partial charge in [-0.1, -0.05) is 30.3 Å². The van der Waals surface area contributed by atoms with Crippen molar-refractivity contribution in [2.75, 3.05) is 0 Å². The van der Waals surface area contributed by atoms with E-state index in [0.29, 0.717) is 5.65 Å². The van der Waals surface area contributed by atoms with Gasteiger partial charge in [0.2, 0.25) is 0 Å². The molecule has 5 heteroatoms.